The number of ether oxygens (including phenoxy) is 1. The maximum Gasteiger partial charge on any atom is 0.0949 e. The largest absolute Gasteiger partial charge is 0.372 e. The van der Waals surface area contributed by atoms with Crippen LogP contribution < -0.4 is 5.32 Å². The van der Waals surface area contributed by atoms with Gasteiger partial charge in [0, 0.05) is 24.2 Å². The molecule has 0 amide bonds. The number of benzene rings is 1. The Balaban J connectivity index is 2.05. The average molecular weight is 268 g/mol. The van der Waals surface area contributed by atoms with Crippen LogP contribution in [0.1, 0.15) is 38.9 Å². The molecule has 0 aliphatic carbocycles. The van der Waals surface area contributed by atoms with Crippen molar-refractivity contribution in [3.05, 3.63) is 34.9 Å². The Morgan fingerprint density at radius 1 is 1.33 bits per heavy atom. The second-order valence-corrected chi connectivity index (χ2v) is 6.47. The van der Waals surface area contributed by atoms with Crippen LogP contribution in [0.25, 0.3) is 0 Å². The van der Waals surface area contributed by atoms with E-state index in [9.17, 15) is 0 Å². The van der Waals surface area contributed by atoms with Crippen LogP contribution in [0.4, 0.5) is 0 Å². The molecule has 1 aliphatic heterocycles. The summed E-state index contributed by atoms with van der Waals surface area (Å²) in [5.41, 5.74) is 1.43. The van der Waals surface area contributed by atoms with Crippen LogP contribution in [-0.4, -0.2) is 19.2 Å². The molecule has 2 rings (SSSR count). The molecule has 2 unspecified atom stereocenters. The van der Waals surface area contributed by atoms with E-state index in [0.717, 1.165) is 30.2 Å². The van der Waals surface area contributed by atoms with Gasteiger partial charge in [0.05, 0.1) is 6.10 Å². The number of halogens is 1. The first-order valence-electron chi connectivity index (χ1n) is 6.57. The van der Waals surface area contributed by atoms with E-state index in [2.05, 4.69) is 32.2 Å². The monoisotopic (exact) mass is 267 g/mol. The van der Waals surface area contributed by atoms with Gasteiger partial charge in [0.25, 0.3) is 0 Å². The summed E-state index contributed by atoms with van der Waals surface area (Å²) in [5.74, 6) is 0. The highest BCUT2D eigenvalue weighted by Gasteiger charge is 2.28. The van der Waals surface area contributed by atoms with Gasteiger partial charge in [0.1, 0.15) is 0 Å². The SMILES string of the molecule is CC(C)(C)C1CCOC(c2cccc(Cl)c2)CN1. The van der Waals surface area contributed by atoms with E-state index in [1.54, 1.807) is 0 Å². The van der Waals surface area contributed by atoms with Crippen molar-refractivity contribution in [1.82, 2.24) is 5.32 Å². The molecule has 2 atom stereocenters. The summed E-state index contributed by atoms with van der Waals surface area (Å²) in [7, 11) is 0. The van der Waals surface area contributed by atoms with Gasteiger partial charge >= 0.3 is 0 Å². The van der Waals surface area contributed by atoms with Gasteiger partial charge in [-0.15, -0.1) is 0 Å². The standard InChI is InChI=1S/C15H22ClNO/c1-15(2,3)14-7-8-18-13(10-17-14)11-5-4-6-12(16)9-11/h4-6,9,13-14,17H,7-8,10H2,1-3H3. The van der Waals surface area contributed by atoms with Crippen LogP contribution in [0.3, 0.4) is 0 Å². The summed E-state index contributed by atoms with van der Waals surface area (Å²) in [6, 6.07) is 8.45. The number of nitrogens with one attached hydrogen (secondary N) is 1. The fourth-order valence-corrected chi connectivity index (χ4v) is 2.60. The molecule has 0 spiro atoms. The van der Waals surface area contributed by atoms with Gasteiger partial charge in [-0.25, -0.2) is 0 Å². The molecule has 1 heterocycles. The van der Waals surface area contributed by atoms with Crippen LogP contribution >= 0.6 is 11.6 Å². The Labute approximate surface area is 115 Å². The van der Waals surface area contributed by atoms with Gasteiger partial charge in [-0.2, -0.15) is 0 Å². The summed E-state index contributed by atoms with van der Waals surface area (Å²) in [5, 5.41) is 4.39. The molecule has 1 aromatic rings. The highest BCUT2D eigenvalue weighted by molar-refractivity contribution is 6.30. The fourth-order valence-electron chi connectivity index (χ4n) is 2.40. The second-order valence-electron chi connectivity index (χ2n) is 6.03. The highest BCUT2D eigenvalue weighted by atomic mass is 35.5. The van der Waals surface area contributed by atoms with E-state index in [1.807, 2.05) is 18.2 Å². The lowest BCUT2D eigenvalue weighted by molar-refractivity contribution is 0.0654. The van der Waals surface area contributed by atoms with Gasteiger partial charge in [-0.05, 0) is 29.5 Å². The maximum absolute atomic E-state index is 6.03. The molecule has 1 aliphatic rings. The van der Waals surface area contributed by atoms with E-state index in [-0.39, 0.29) is 11.5 Å². The second kappa shape index (κ2) is 5.60. The molecule has 18 heavy (non-hydrogen) atoms. The quantitative estimate of drug-likeness (QED) is 0.836. The fraction of sp³-hybridized carbons (Fsp3) is 0.600. The van der Waals surface area contributed by atoms with Gasteiger partial charge < -0.3 is 10.1 Å². The Morgan fingerprint density at radius 2 is 2.11 bits per heavy atom. The van der Waals surface area contributed by atoms with Crippen LogP contribution in [0, 0.1) is 5.41 Å². The zero-order chi connectivity index (χ0) is 13.2. The first kappa shape index (κ1) is 13.9. The molecule has 0 aromatic heterocycles. The third kappa shape index (κ3) is 3.47. The van der Waals surface area contributed by atoms with Crippen molar-refractivity contribution < 1.29 is 4.74 Å². The third-order valence-electron chi connectivity index (χ3n) is 3.54. The predicted octanol–water partition coefficient (Wildman–Crippen LogP) is 3.81. The molecule has 1 fully saturated rings. The van der Waals surface area contributed by atoms with Gasteiger partial charge in [0.2, 0.25) is 0 Å². The smallest absolute Gasteiger partial charge is 0.0949 e. The van der Waals surface area contributed by atoms with E-state index in [1.165, 1.54) is 0 Å². The molecule has 3 heteroatoms. The first-order valence-corrected chi connectivity index (χ1v) is 6.95. The molecule has 100 valence electrons. The zero-order valence-electron chi connectivity index (χ0n) is 11.4. The minimum atomic E-state index is 0.107. The Bertz CT molecular complexity index is 400. The summed E-state index contributed by atoms with van der Waals surface area (Å²) < 4.78 is 5.95. The van der Waals surface area contributed by atoms with Gasteiger partial charge in [-0.3, -0.25) is 0 Å². The molecule has 2 nitrogen and oxygen atoms in total. The molecule has 0 bridgehead atoms. The van der Waals surface area contributed by atoms with Gasteiger partial charge in [0.15, 0.2) is 0 Å². The molecule has 0 saturated carbocycles. The Kier molecular flexibility index (Phi) is 4.31. The predicted molar refractivity (Wildman–Crippen MR) is 76.0 cm³/mol. The first-order chi connectivity index (χ1) is 8.47. The summed E-state index contributed by atoms with van der Waals surface area (Å²) in [4.78, 5) is 0. The highest BCUT2D eigenvalue weighted by Crippen LogP contribution is 2.27. The molecule has 1 saturated heterocycles. The van der Waals surface area contributed by atoms with Crippen LogP contribution in [0.5, 0.6) is 0 Å². The van der Waals surface area contributed by atoms with E-state index in [0.29, 0.717) is 6.04 Å². The Morgan fingerprint density at radius 3 is 2.78 bits per heavy atom. The lowest BCUT2D eigenvalue weighted by Crippen LogP contribution is -2.40. The van der Waals surface area contributed by atoms with Crippen LogP contribution in [0.15, 0.2) is 24.3 Å². The van der Waals surface area contributed by atoms with Crippen molar-refractivity contribution in [2.75, 3.05) is 13.2 Å². The zero-order valence-corrected chi connectivity index (χ0v) is 12.1. The summed E-state index contributed by atoms with van der Waals surface area (Å²) in [6.45, 7) is 8.45. The normalized spacial score (nSPS) is 25.8. The van der Waals surface area contributed by atoms with E-state index in [4.69, 9.17) is 16.3 Å². The number of rotatable bonds is 1. The number of hydrogen-bond acceptors (Lipinski definition) is 2. The summed E-state index contributed by atoms with van der Waals surface area (Å²) in [6.07, 6.45) is 1.16. The number of hydrogen-bond donors (Lipinski definition) is 1. The molecular weight excluding hydrogens is 246 g/mol. The molecule has 0 radical (unpaired) electrons. The van der Waals surface area contributed by atoms with E-state index >= 15 is 0 Å². The van der Waals surface area contributed by atoms with Crippen molar-refractivity contribution >= 4 is 11.6 Å². The maximum atomic E-state index is 6.03. The topological polar surface area (TPSA) is 21.3 Å². The lowest BCUT2D eigenvalue weighted by atomic mass is 9.85. The molecular formula is C15H22ClNO. The minimum Gasteiger partial charge on any atom is -0.372 e. The molecule has 1 aromatic carbocycles. The van der Waals surface area contributed by atoms with Crippen molar-refractivity contribution in [3.8, 4) is 0 Å². The minimum absolute atomic E-state index is 0.107. The van der Waals surface area contributed by atoms with Crippen molar-refractivity contribution in [3.63, 3.8) is 0 Å². The van der Waals surface area contributed by atoms with Crippen LogP contribution in [-0.2, 0) is 4.74 Å². The van der Waals surface area contributed by atoms with Crippen LogP contribution in [0.2, 0.25) is 5.02 Å². The lowest BCUT2D eigenvalue weighted by Gasteiger charge is -2.30. The Hall–Kier alpha value is -0.570. The van der Waals surface area contributed by atoms with Crippen molar-refractivity contribution in [2.24, 2.45) is 5.41 Å². The van der Waals surface area contributed by atoms with Crippen molar-refractivity contribution in [1.29, 1.82) is 0 Å². The molecule has 1 N–H and O–H groups in total. The average Bonchev–Trinajstić information content (AvgIpc) is 2.53. The van der Waals surface area contributed by atoms with Crippen molar-refractivity contribution in [2.45, 2.75) is 39.3 Å². The third-order valence-corrected chi connectivity index (χ3v) is 3.78. The van der Waals surface area contributed by atoms with Gasteiger partial charge in [-0.1, -0.05) is 44.5 Å². The summed E-state index contributed by atoms with van der Waals surface area (Å²) >= 11 is 6.03. The van der Waals surface area contributed by atoms with E-state index < -0.39 is 0 Å².